The Bertz CT molecular complexity index is 917. The van der Waals surface area contributed by atoms with Crippen LogP contribution in [0.4, 0.5) is 15.9 Å². The lowest BCUT2D eigenvalue weighted by Crippen LogP contribution is -2.26. The van der Waals surface area contributed by atoms with Crippen molar-refractivity contribution in [1.82, 2.24) is 4.98 Å². The number of sulfonamides is 1. The number of carboxylic acid groups (broad SMARTS) is 1. The number of rotatable bonds is 5. The Hall–Kier alpha value is -2.68. The summed E-state index contributed by atoms with van der Waals surface area (Å²) in [6.07, 6.45) is 0.483. The molecular formula is C16H16FN3O4S. The Morgan fingerprint density at radius 1 is 1.32 bits per heavy atom. The largest absolute Gasteiger partial charge is 0.477 e. The molecule has 1 aliphatic rings. The van der Waals surface area contributed by atoms with Crippen LogP contribution < -0.4 is 9.62 Å². The van der Waals surface area contributed by atoms with Gasteiger partial charge in [0.15, 0.2) is 5.69 Å². The van der Waals surface area contributed by atoms with E-state index >= 15 is 0 Å². The number of aromatic nitrogens is 1. The molecule has 2 aromatic rings. The van der Waals surface area contributed by atoms with Gasteiger partial charge in [0.2, 0.25) is 10.0 Å². The average molecular weight is 365 g/mol. The number of carboxylic acids is 1. The molecule has 2 N–H and O–H groups in total. The number of benzene rings is 1. The van der Waals surface area contributed by atoms with Gasteiger partial charge in [-0.05, 0) is 36.2 Å². The van der Waals surface area contributed by atoms with Crippen LogP contribution in [-0.4, -0.2) is 36.8 Å². The van der Waals surface area contributed by atoms with Gasteiger partial charge in [-0.3, -0.25) is 4.31 Å². The molecule has 132 valence electrons. The predicted molar refractivity (Wildman–Crippen MR) is 90.7 cm³/mol. The Kier molecular flexibility index (Phi) is 4.58. The second-order valence-electron chi connectivity index (χ2n) is 5.59. The third kappa shape index (κ3) is 3.71. The number of nitrogens with zero attached hydrogens (tertiary/aromatic N) is 2. The Balaban J connectivity index is 1.73. The number of anilines is 2. The van der Waals surface area contributed by atoms with E-state index in [1.165, 1.54) is 18.2 Å². The molecule has 1 aromatic carbocycles. The van der Waals surface area contributed by atoms with Crippen LogP contribution in [0.25, 0.3) is 0 Å². The Morgan fingerprint density at radius 2 is 2.12 bits per heavy atom. The number of halogens is 1. The third-order valence-corrected chi connectivity index (χ3v) is 5.68. The van der Waals surface area contributed by atoms with Gasteiger partial charge in [0.1, 0.15) is 11.6 Å². The van der Waals surface area contributed by atoms with Crippen LogP contribution >= 0.6 is 0 Å². The topological polar surface area (TPSA) is 99.6 Å². The second-order valence-corrected chi connectivity index (χ2v) is 7.61. The van der Waals surface area contributed by atoms with Gasteiger partial charge in [-0.25, -0.2) is 22.6 Å². The highest BCUT2D eigenvalue weighted by Gasteiger charge is 2.30. The standard InChI is InChI=1S/C16H16FN3O4S/c17-12-9-11(5-6-14(12)20-7-2-8-25(20,23)24)10-18-15-4-1-3-13(19-15)16(21)22/h1,3-6,9H,2,7-8,10H2,(H,18,19)(H,21,22). The van der Waals surface area contributed by atoms with E-state index in [1.54, 1.807) is 18.2 Å². The van der Waals surface area contributed by atoms with Gasteiger partial charge in [0.25, 0.3) is 0 Å². The number of nitrogens with one attached hydrogen (secondary N) is 1. The Labute approximate surface area is 144 Å². The summed E-state index contributed by atoms with van der Waals surface area (Å²) >= 11 is 0. The van der Waals surface area contributed by atoms with Gasteiger partial charge < -0.3 is 10.4 Å². The SMILES string of the molecule is O=C(O)c1cccc(NCc2ccc(N3CCCS3(=O)=O)c(F)c2)n1. The van der Waals surface area contributed by atoms with Crippen molar-refractivity contribution in [2.24, 2.45) is 0 Å². The van der Waals surface area contributed by atoms with Gasteiger partial charge in [-0.1, -0.05) is 12.1 Å². The molecule has 7 nitrogen and oxygen atoms in total. The molecule has 25 heavy (non-hydrogen) atoms. The van der Waals surface area contributed by atoms with Crippen molar-refractivity contribution in [1.29, 1.82) is 0 Å². The molecule has 0 aliphatic carbocycles. The highest BCUT2D eigenvalue weighted by molar-refractivity contribution is 7.93. The van der Waals surface area contributed by atoms with Gasteiger partial charge >= 0.3 is 5.97 Å². The summed E-state index contributed by atoms with van der Waals surface area (Å²) < 4.78 is 39.2. The first-order valence-corrected chi connectivity index (χ1v) is 9.21. The average Bonchev–Trinajstić information content (AvgIpc) is 2.92. The first-order chi connectivity index (χ1) is 11.9. The fourth-order valence-electron chi connectivity index (χ4n) is 2.62. The minimum absolute atomic E-state index is 0.0291. The number of hydrogen-bond donors (Lipinski definition) is 2. The fourth-order valence-corrected chi connectivity index (χ4v) is 4.19. The molecule has 2 heterocycles. The lowest BCUT2D eigenvalue weighted by molar-refractivity contribution is 0.0690. The monoisotopic (exact) mass is 365 g/mol. The zero-order valence-electron chi connectivity index (χ0n) is 13.1. The van der Waals surface area contributed by atoms with E-state index in [1.807, 2.05) is 0 Å². The van der Waals surface area contributed by atoms with E-state index in [-0.39, 0.29) is 30.2 Å². The molecule has 0 spiro atoms. The zero-order chi connectivity index (χ0) is 18.0. The van der Waals surface area contributed by atoms with E-state index in [9.17, 15) is 17.6 Å². The molecule has 0 saturated carbocycles. The molecule has 1 aliphatic heterocycles. The van der Waals surface area contributed by atoms with Crippen molar-refractivity contribution in [2.45, 2.75) is 13.0 Å². The van der Waals surface area contributed by atoms with Gasteiger partial charge in [0, 0.05) is 13.1 Å². The molecule has 0 amide bonds. The van der Waals surface area contributed by atoms with Crippen LogP contribution in [0.15, 0.2) is 36.4 Å². The van der Waals surface area contributed by atoms with Crippen LogP contribution in [0.3, 0.4) is 0 Å². The molecule has 1 fully saturated rings. The van der Waals surface area contributed by atoms with Crippen LogP contribution in [0.1, 0.15) is 22.5 Å². The summed E-state index contributed by atoms with van der Waals surface area (Å²) in [4.78, 5) is 14.8. The first kappa shape index (κ1) is 17.2. The summed E-state index contributed by atoms with van der Waals surface area (Å²) in [5.41, 5.74) is 0.540. The number of aromatic carboxylic acids is 1. The smallest absolute Gasteiger partial charge is 0.354 e. The molecule has 3 rings (SSSR count). The van der Waals surface area contributed by atoms with Crippen molar-refractivity contribution in [2.75, 3.05) is 21.9 Å². The van der Waals surface area contributed by atoms with Crippen molar-refractivity contribution < 1.29 is 22.7 Å². The van der Waals surface area contributed by atoms with Crippen LogP contribution in [0, 0.1) is 5.82 Å². The van der Waals surface area contributed by atoms with E-state index in [4.69, 9.17) is 5.11 Å². The molecular weight excluding hydrogens is 349 g/mol. The maximum atomic E-state index is 14.3. The summed E-state index contributed by atoms with van der Waals surface area (Å²) in [6.45, 7) is 0.503. The highest BCUT2D eigenvalue weighted by atomic mass is 32.2. The van der Waals surface area contributed by atoms with E-state index in [2.05, 4.69) is 10.3 Å². The van der Waals surface area contributed by atoms with E-state index in [0.29, 0.717) is 17.8 Å². The number of carbonyl (C=O) groups is 1. The first-order valence-electron chi connectivity index (χ1n) is 7.60. The van der Waals surface area contributed by atoms with E-state index in [0.717, 1.165) is 4.31 Å². The maximum Gasteiger partial charge on any atom is 0.354 e. The molecule has 0 radical (unpaired) electrons. The van der Waals surface area contributed by atoms with Crippen LogP contribution in [0.5, 0.6) is 0 Å². The van der Waals surface area contributed by atoms with Crippen molar-refractivity contribution in [3.05, 3.63) is 53.5 Å². The van der Waals surface area contributed by atoms with Gasteiger partial charge in [0.05, 0.1) is 11.4 Å². The minimum Gasteiger partial charge on any atom is -0.477 e. The van der Waals surface area contributed by atoms with Crippen molar-refractivity contribution >= 4 is 27.5 Å². The fraction of sp³-hybridized carbons (Fsp3) is 0.250. The third-order valence-electron chi connectivity index (χ3n) is 3.82. The molecule has 0 bridgehead atoms. The second kappa shape index (κ2) is 6.67. The quantitative estimate of drug-likeness (QED) is 0.841. The number of hydrogen-bond acceptors (Lipinski definition) is 5. The minimum atomic E-state index is -3.43. The summed E-state index contributed by atoms with van der Waals surface area (Å²) in [6, 6.07) is 8.86. The Morgan fingerprint density at radius 3 is 2.76 bits per heavy atom. The summed E-state index contributed by atoms with van der Waals surface area (Å²) in [5.74, 6) is -1.36. The lowest BCUT2D eigenvalue weighted by Gasteiger charge is -2.18. The molecule has 1 saturated heterocycles. The molecule has 9 heteroatoms. The molecule has 0 unspecified atom stereocenters. The lowest BCUT2D eigenvalue weighted by atomic mass is 10.2. The van der Waals surface area contributed by atoms with Gasteiger partial charge in [-0.15, -0.1) is 0 Å². The van der Waals surface area contributed by atoms with Gasteiger partial charge in [-0.2, -0.15) is 0 Å². The van der Waals surface area contributed by atoms with E-state index < -0.39 is 21.8 Å². The highest BCUT2D eigenvalue weighted by Crippen LogP contribution is 2.27. The van der Waals surface area contributed by atoms with Crippen molar-refractivity contribution in [3.8, 4) is 0 Å². The molecule has 1 aromatic heterocycles. The van der Waals surface area contributed by atoms with Crippen LogP contribution in [0.2, 0.25) is 0 Å². The van der Waals surface area contributed by atoms with Crippen molar-refractivity contribution in [3.63, 3.8) is 0 Å². The van der Waals surface area contributed by atoms with Crippen LogP contribution in [-0.2, 0) is 16.6 Å². The maximum absolute atomic E-state index is 14.3. The predicted octanol–water partition coefficient (Wildman–Crippen LogP) is 2.07. The number of pyridine rings is 1. The molecule has 0 atom stereocenters. The summed E-state index contributed by atoms with van der Waals surface area (Å²) in [7, 11) is -3.43. The summed E-state index contributed by atoms with van der Waals surface area (Å²) in [5, 5.41) is 11.8. The zero-order valence-corrected chi connectivity index (χ0v) is 14.0. The normalized spacial score (nSPS) is 16.0.